The molecule has 0 saturated heterocycles. The summed E-state index contributed by atoms with van der Waals surface area (Å²) in [6.45, 7) is 6.30. The van der Waals surface area contributed by atoms with E-state index in [1.165, 1.54) is 22.3 Å². The first-order valence-electron chi connectivity index (χ1n) is 6.53. The topological polar surface area (TPSA) is 12.0 Å². The fourth-order valence-electron chi connectivity index (χ4n) is 2.44. The van der Waals surface area contributed by atoms with Crippen molar-refractivity contribution in [3.05, 3.63) is 69.2 Å². The van der Waals surface area contributed by atoms with Gasteiger partial charge >= 0.3 is 0 Å². The van der Waals surface area contributed by atoms with E-state index in [2.05, 4.69) is 55.6 Å². The Morgan fingerprint density at radius 3 is 2.26 bits per heavy atom. The summed E-state index contributed by atoms with van der Waals surface area (Å²) in [5.41, 5.74) is 6.20. The summed E-state index contributed by atoms with van der Waals surface area (Å²) in [7, 11) is 1.98. The molecule has 0 fully saturated rings. The first-order valence-corrected chi connectivity index (χ1v) is 6.91. The minimum atomic E-state index is 0.179. The van der Waals surface area contributed by atoms with Gasteiger partial charge in [-0.1, -0.05) is 47.5 Å². The molecule has 0 aliphatic carbocycles. The molecule has 0 radical (unpaired) electrons. The predicted octanol–water partition coefficient (Wildman–Crippen LogP) is 4.57. The summed E-state index contributed by atoms with van der Waals surface area (Å²) in [6.07, 6.45) is 0. The maximum absolute atomic E-state index is 6.24. The number of hydrogen-bond donors (Lipinski definition) is 1. The lowest BCUT2D eigenvalue weighted by atomic mass is 9.93. The summed E-state index contributed by atoms with van der Waals surface area (Å²) in [4.78, 5) is 0. The van der Waals surface area contributed by atoms with Gasteiger partial charge in [-0.05, 0) is 56.1 Å². The molecular formula is C17H20ClN. The van der Waals surface area contributed by atoms with Crippen LogP contribution in [0.4, 0.5) is 0 Å². The van der Waals surface area contributed by atoms with Crippen LogP contribution in [0.15, 0.2) is 36.4 Å². The first-order chi connectivity index (χ1) is 9.02. The van der Waals surface area contributed by atoms with Gasteiger partial charge in [0.25, 0.3) is 0 Å². The number of benzene rings is 2. The van der Waals surface area contributed by atoms with E-state index in [0.29, 0.717) is 0 Å². The number of halogens is 1. The summed E-state index contributed by atoms with van der Waals surface area (Å²) < 4.78 is 0. The molecule has 0 aliphatic rings. The number of rotatable bonds is 3. The maximum Gasteiger partial charge on any atom is 0.0577 e. The van der Waals surface area contributed by atoms with Crippen molar-refractivity contribution in [2.45, 2.75) is 26.8 Å². The van der Waals surface area contributed by atoms with Crippen LogP contribution in [0.25, 0.3) is 0 Å². The Balaban J connectivity index is 2.46. The van der Waals surface area contributed by atoms with E-state index < -0.39 is 0 Å². The molecule has 1 unspecified atom stereocenters. The van der Waals surface area contributed by atoms with Crippen molar-refractivity contribution in [1.82, 2.24) is 5.32 Å². The fraction of sp³-hybridized carbons (Fsp3) is 0.294. The van der Waals surface area contributed by atoms with Crippen LogP contribution in [0.5, 0.6) is 0 Å². The minimum absolute atomic E-state index is 0.179. The van der Waals surface area contributed by atoms with Crippen LogP contribution in [0.2, 0.25) is 5.02 Å². The van der Waals surface area contributed by atoms with Crippen LogP contribution < -0.4 is 5.32 Å². The number of aryl methyl sites for hydroxylation is 3. The first kappa shape index (κ1) is 14.1. The van der Waals surface area contributed by atoms with Gasteiger partial charge in [0.1, 0.15) is 0 Å². The van der Waals surface area contributed by atoms with Gasteiger partial charge < -0.3 is 5.32 Å². The molecule has 100 valence electrons. The molecule has 0 heterocycles. The van der Waals surface area contributed by atoms with Gasteiger partial charge in [-0.15, -0.1) is 0 Å². The Labute approximate surface area is 120 Å². The molecule has 1 atom stereocenters. The van der Waals surface area contributed by atoms with Gasteiger partial charge in [0.05, 0.1) is 6.04 Å². The smallest absolute Gasteiger partial charge is 0.0577 e. The lowest BCUT2D eigenvalue weighted by Gasteiger charge is -2.20. The van der Waals surface area contributed by atoms with Crippen LogP contribution >= 0.6 is 11.6 Å². The highest BCUT2D eigenvalue weighted by Crippen LogP contribution is 2.28. The molecular weight excluding hydrogens is 254 g/mol. The van der Waals surface area contributed by atoms with Crippen molar-refractivity contribution < 1.29 is 0 Å². The van der Waals surface area contributed by atoms with Gasteiger partial charge in [-0.3, -0.25) is 0 Å². The summed E-state index contributed by atoms with van der Waals surface area (Å²) in [5, 5.41) is 4.20. The Morgan fingerprint density at radius 2 is 1.68 bits per heavy atom. The highest BCUT2D eigenvalue weighted by atomic mass is 35.5. The zero-order valence-electron chi connectivity index (χ0n) is 11.9. The van der Waals surface area contributed by atoms with Crippen molar-refractivity contribution in [3.63, 3.8) is 0 Å². The third kappa shape index (κ3) is 2.99. The van der Waals surface area contributed by atoms with E-state index in [0.717, 1.165) is 10.6 Å². The quantitative estimate of drug-likeness (QED) is 0.863. The molecule has 2 rings (SSSR count). The fourth-order valence-corrected chi connectivity index (χ4v) is 2.63. The molecule has 1 nitrogen and oxygen atoms in total. The Kier molecular flexibility index (Phi) is 4.28. The second kappa shape index (κ2) is 5.77. The predicted molar refractivity (Wildman–Crippen MR) is 83.0 cm³/mol. The Morgan fingerprint density at radius 1 is 0.947 bits per heavy atom. The van der Waals surface area contributed by atoms with Gasteiger partial charge in [0.15, 0.2) is 0 Å². The molecule has 0 amide bonds. The largest absolute Gasteiger partial charge is 0.309 e. The molecule has 2 aromatic carbocycles. The SMILES string of the molecule is CNC(c1ccc(C)c(Cl)c1)c1ccc(C)cc1C. The molecule has 2 aromatic rings. The van der Waals surface area contributed by atoms with E-state index in [-0.39, 0.29) is 6.04 Å². The highest BCUT2D eigenvalue weighted by molar-refractivity contribution is 6.31. The molecule has 0 aromatic heterocycles. The van der Waals surface area contributed by atoms with Gasteiger partial charge in [-0.2, -0.15) is 0 Å². The van der Waals surface area contributed by atoms with E-state index in [1.54, 1.807) is 0 Å². The molecule has 0 aliphatic heterocycles. The van der Waals surface area contributed by atoms with Crippen LogP contribution in [0.3, 0.4) is 0 Å². The Bertz CT molecular complexity index is 590. The van der Waals surface area contributed by atoms with Crippen LogP contribution in [0.1, 0.15) is 33.9 Å². The van der Waals surface area contributed by atoms with Crippen molar-refractivity contribution >= 4 is 11.6 Å². The zero-order valence-corrected chi connectivity index (χ0v) is 12.7. The minimum Gasteiger partial charge on any atom is -0.309 e. The maximum atomic E-state index is 6.24. The second-order valence-corrected chi connectivity index (χ2v) is 5.50. The third-order valence-corrected chi connectivity index (χ3v) is 3.96. The number of hydrogen-bond acceptors (Lipinski definition) is 1. The van der Waals surface area contributed by atoms with Crippen molar-refractivity contribution in [2.75, 3.05) is 7.05 Å². The zero-order chi connectivity index (χ0) is 14.0. The van der Waals surface area contributed by atoms with Crippen molar-refractivity contribution in [1.29, 1.82) is 0 Å². The number of nitrogens with one attached hydrogen (secondary N) is 1. The normalized spacial score (nSPS) is 12.5. The highest BCUT2D eigenvalue weighted by Gasteiger charge is 2.14. The molecule has 1 N–H and O–H groups in total. The summed E-state index contributed by atoms with van der Waals surface area (Å²) >= 11 is 6.24. The van der Waals surface area contributed by atoms with E-state index in [1.807, 2.05) is 14.0 Å². The van der Waals surface area contributed by atoms with E-state index in [9.17, 15) is 0 Å². The van der Waals surface area contributed by atoms with Crippen LogP contribution in [-0.4, -0.2) is 7.05 Å². The monoisotopic (exact) mass is 273 g/mol. The van der Waals surface area contributed by atoms with Gasteiger partial charge in [0.2, 0.25) is 0 Å². The van der Waals surface area contributed by atoms with Gasteiger partial charge in [-0.25, -0.2) is 0 Å². The molecule has 19 heavy (non-hydrogen) atoms. The molecule has 0 bridgehead atoms. The Hall–Kier alpha value is -1.31. The lowest BCUT2D eigenvalue weighted by molar-refractivity contribution is 0.687. The van der Waals surface area contributed by atoms with Gasteiger partial charge in [0, 0.05) is 5.02 Å². The van der Waals surface area contributed by atoms with E-state index in [4.69, 9.17) is 11.6 Å². The lowest BCUT2D eigenvalue weighted by Crippen LogP contribution is -2.18. The third-order valence-electron chi connectivity index (χ3n) is 3.55. The van der Waals surface area contributed by atoms with Crippen molar-refractivity contribution in [3.8, 4) is 0 Å². The second-order valence-electron chi connectivity index (χ2n) is 5.09. The summed E-state index contributed by atoms with van der Waals surface area (Å²) in [5.74, 6) is 0. The van der Waals surface area contributed by atoms with Crippen LogP contribution in [0, 0.1) is 20.8 Å². The molecule has 0 spiro atoms. The van der Waals surface area contributed by atoms with E-state index >= 15 is 0 Å². The molecule has 2 heteroatoms. The average molecular weight is 274 g/mol. The molecule has 0 saturated carbocycles. The van der Waals surface area contributed by atoms with Crippen LogP contribution in [-0.2, 0) is 0 Å². The standard InChI is InChI=1S/C17H20ClN/c1-11-5-8-15(13(3)9-11)17(19-4)14-7-6-12(2)16(18)10-14/h5-10,17,19H,1-4H3. The van der Waals surface area contributed by atoms with Crippen molar-refractivity contribution in [2.24, 2.45) is 0 Å². The average Bonchev–Trinajstić information content (AvgIpc) is 2.37. The summed E-state index contributed by atoms with van der Waals surface area (Å²) in [6, 6.07) is 13.0.